The smallest absolute Gasteiger partial charge is 0.266 e. The van der Waals surface area contributed by atoms with E-state index in [1.807, 2.05) is 6.07 Å². The fourth-order valence-corrected chi connectivity index (χ4v) is 3.86. The number of nitrogens with zero attached hydrogens (tertiary/aromatic N) is 3. The lowest BCUT2D eigenvalue weighted by Crippen LogP contribution is -2.26. The summed E-state index contributed by atoms with van der Waals surface area (Å²) in [5, 5.41) is 0. The predicted molar refractivity (Wildman–Crippen MR) is 79.4 cm³/mol. The number of hydrogen-bond donors (Lipinski definition) is 0. The van der Waals surface area contributed by atoms with Gasteiger partial charge in [-0.1, -0.05) is 24.3 Å². The normalized spacial score (nSPS) is 11.7. The van der Waals surface area contributed by atoms with Gasteiger partial charge in [0.25, 0.3) is 10.0 Å². The molecule has 0 atom stereocenters. The van der Waals surface area contributed by atoms with E-state index in [0.717, 1.165) is 11.7 Å². The zero-order valence-corrected chi connectivity index (χ0v) is 12.2. The maximum absolute atomic E-state index is 12.7. The number of hydrogen-bond acceptors (Lipinski definition) is 5. The van der Waals surface area contributed by atoms with Crippen LogP contribution in [0.3, 0.4) is 0 Å². The van der Waals surface area contributed by atoms with Gasteiger partial charge in [-0.25, -0.2) is 8.42 Å². The Labute approximate surface area is 120 Å². The highest BCUT2D eigenvalue weighted by molar-refractivity contribution is 7.93. The predicted octanol–water partition coefficient (Wildman–Crippen LogP) is 2.52. The Bertz CT molecular complexity index is 844. The minimum Gasteiger partial charge on any atom is -0.269 e. The molecular formula is C13H11N3O2S2. The zero-order valence-electron chi connectivity index (χ0n) is 10.6. The third kappa shape index (κ3) is 2.04. The molecule has 7 heteroatoms. The van der Waals surface area contributed by atoms with E-state index in [9.17, 15) is 8.42 Å². The molecule has 0 spiro atoms. The quantitative estimate of drug-likeness (QED) is 0.746. The molecule has 102 valence electrons. The van der Waals surface area contributed by atoms with Crippen molar-refractivity contribution in [3.05, 3.63) is 48.5 Å². The fraction of sp³-hybridized carbons (Fsp3) is 0.0769. The summed E-state index contributed by atoms with van der Waals surface area (Å²) in [6.07, 6.45) is 0. The Morgan fingerprint density at radius 1 is 1.00 bits per heavy atom. The van der Waals surface area contributed by atoms with Crippen LogP contribution in [0.1, 0.15) is 0 Å². The van der Waals surface area contributed by atoms with Crippen LogP contribution in [0.25, 0.3) is 11.0 Å². The van der Waals surface area contributed by atoms with Crippen molar-refractivity contribution in [3.8, 4) is 0 Å². The van der Waals surface area contributed by atoms with Crippen molar-refractivity contribution in [3.63, 3.8) is 0 Å². The summed E-state index contributed by atoms with van der Waals surface area (Å²) in [7, 11) is -2.12. The molecule has 0 aliphatic carbocycles. The first-order chi connectivity index (χ1) is 9.60. The monoisotopic (exact) mass is 305 g/mol. The first kappa shape index (κ1) is 13.0. The third-order valence-corrected chi connectivity index (χ3v) is 5.37. The van der Waals surface area contributed by atoms with Gasteiger partial charge in [0.1, 0.15) is 15.9 Å². The van der Waals surface area contributed by atoms with Crippen molar-refractivity contribution in [1.82, 2.24) is 8.75 Å². The third-order valence-electron chi connectivity index (χ3n) is 3.01. The summed E-state index contributed by atoms with van der Waals surface area (Å²) >= 11 is 1.01. The molecule has 2 aromatic carbocycles. The van der Waals surface area contributed by atoms with Crippen molar-refractivity contribution in [2.24, 2.45) is 0 Å². The van der Waals surface area contributed by atoms with Gasteiger partial charge in [-0.2, -0.15) is 8.75 Å². The van der Waals surface area contributed by atoms with Gasteiger partial charge < -0.3 is 0 Å². The summed E-state index contributed by atoms with van der Waals surface area (Å²) in [6, 6.07) is 13.9. The van der Waals surface area contributed by atoms with Gasteiger partial charge in [0.15, 0.2) is 0 Å². The molecule has 0 saturated heterocycles. The Morgan fingerprint density at radius 2 is 1.75 bits per heavy atom. The van der Waals surface area contributed by atoms with Crippen molar-refractivity contribution >= 4 is 38.5 Å². The van der Waals surface area contributed by atoms with Crippen LogP contribution in [0.2, 0.25) is 0 Å². The molecule has 20 heavy (non-hydrogen) atoms. The molecule has 3 aromatic rings. The van der Waals surface area contributed by atoms with Crippen molar-refractivity contribution in [1.29, 1.82) is 0 Å². The number of sulfonamides is 1. The summed E-state index contributed by atoms with van der Waals surface area (Å²) in [5.41, 5.74) is 1.62. The average Bonchev–Trinajstić information content (AvgIpc) is 2.95. The molecule has 0 aliphatic heterocycles. The molecule has 0 unspecified atom stereocenters. The second-order valence-corrected chi connectivity index (χ2v) is 6.66. The Balaban J connectivity index is 2.15. The lowest BCUT2D eigenvalue weighted by molar-refractivity contribution is 0.595. The van der Waals surface area contributed by atoms with Gasteiger partial charge in [-0.3, -0.25) is 4.31 Å². The van der Waals surface area contributed by atoms with Crippen LogP contribution in [0, 0.1) is 0 Å². The second-order valence-electron chi connectivity index (χ2n) is 4.20. The molecule has 0 bridgehead atoms. The molecule has 0 N–H and O–H groups in total. The van der Waals surface area contributed by atoms with E-state index in [1.54, 1.807) is 42.5 Å². The van der Waals surface area contributed by atoms with E-state index in [2.05, 4.69) is 8.75 Å². The number of aromatic nitrogens is 2. The maximum atomic E-state index is 12.7. The molecule has 0 fully saturated rings. The van der Waals surface area contributed by atoms with E-state index in [-0.39, 0.29) is 4.90 Å². The lowest BCUT2D eigenvalue weighted by Gasteiger charge is -2.19. The first-order valence-corrected chi connectivity index (χ1v) is 8.03. The standard InChI is InChI=1S/C13H11N3O2S2/c1-16(10-6-3-2-4-7-10)20(17,18)12-9-5-8-11-13(12)15-19-14-11/h2-9H,1H3. The maximum Gasteiger partial charge on any atom is 0.266 e. The Morgan fingerprint density at radius 3 is 2.50 bits per heavy atom. The van der Waals surface area contributed by atoms with Crippen LogP contribution >= 0.6 is 11.7 Å². The van der Waals surface area contributed by atoms with Gasteiger partial charge in [-0.15, -0.1) is 0 Å². The van der Waals surface area contributed by atoms with Gasteiger partial charge in [0, 0.05) is 7.05 Å². The Kier molecular flexibility index (Phi) is 3.15. The fourth-order valence-electron chi connectivity index (χ4n) is 1.91. The average molecular weight is 305 g/mol. The SMILES string of the molecule is CN(c1ccccc1)S(=O)(=O)c1cccc2nsnc12. The van der Waals surface area contributed by atoms with Crippen LogP contribution < -0.4 is 4.31 Å². The number of anilines is 1. The molecule has 0 aliphatic rings. The van der Waals surface area contributed by atoms with Crippen LogP contribution in [0.15, 0.2) is 53.4 Å². The summed E-state index contributed by atoms with van der Waals surface area (Å²) in [5.74, 6) is 0. The topological polar surface area (TPSA) is 63.2 Å². The lowest BCUT2D eigenvalue weighted by atomic mass is 10.3. The molecule has 5 nitrogen and oxygen atoms in total. The highest BCUT2D eigenvalue weighted by atomic mass is 32.2. The Hall–Kier alpha value is -1.99. The van der Waals surface area contributed by atoms with Gasteiger partial charge in [0.2, 0.25) is 0 Å². The van der Waals surface area contributed by atoms with Gasteiger partial charge in [-0.05, 0) is 24.3 Å². The van der Waals surface area contributed by atoms with E-state index >= 15 is 0 Å². The molecule has 0 saturated carbocycles. The largest absolute Gasteiger partial charge is 0.269 e. The second kappa shape index (κ2) is 4.84. The van der Waals surface area contributed by atoms with Crippen LogP contribution in [-0.4, -0.2) is 24.2 Å². The molecule has 0 radical (unpaired) electrons. The van der Waals surface area contributed by atoms with Crippen LogP contribution in [0.4, 0.5) is 5.69 Å². The van der Waals surface area contributed by atoms with Crippen molar-refractivity contribution in [2.45, 2.75) is 4.90 Å². The van der Waals surface area contributed by atoms with E-state index in [0.29, 0.717) is 16.7 Å². The van der Waals surface area contributed by atoms with E-state index < -0.39 is 10.0 Å². The minimum absolute atomic E-state index is 0.176. The van der Waals surface area contributed by atoms with Crippen molar-refractivity contribution in [2.75, 3.05) is 11.4 Å². The van der Waals surface area contributed by atoms with E-state index in [4.69, 9.17) is 0 Å². The van der Waals surface area contributed by atoms with Gasteiger partial charge in [0.05, 0.1) is 17.4 Å². The summed E-state index contributed by atoms with van der Waals surface area (Å²) < 4.78 is 34.8. The molecule has 0 amide bonds. The molecular weight excluding hydrogens is 294 g/mol. The summed E-state index contributed by atoms with van der Waals surface area (Å²) in [4.78, 5) is 0.176. The number of fused-ring (bicyclic) bond motifs is 1. The highest BCUT2D eigenvalue weighted by Gasteiger charge is 2.24. The molecule has 1 heterocycles. The van der Waals surface area contributed by atoms with Crippen molar-refractivity contribution < 1.29 is 8.42 Å². The number of rotatable bonds is 3. The van der Waals surface area contributed by atoms with Crippen LogP contribution in [-0.2, 0) is 10.0 Å². The number of para-hydroxylation sites is 1. The summed E-state index contributed by atoms with van der Waals surface area (Å²) in [6.45, 7) is 0. The minimum atomic E-state index is -3.65. The number of benzene rings is 2. The van der Waals surface area contributed by atoms with Gasteiger partial charge >= 0.3 is 0 Å². The van der Waals surface area contributed by atoms with Crippen LogP contribution in [0.5, 0.6) is 0 Å². The molecule has 1 aromatic heterocycles. The van der Waals surface area contributed by atoms with E-state index in [1.165, 1.54) is 11.4 Å². The zero-order chi connectivity index (χ0) is 14.2. The molecule has 3 rings (SSSR count). The highest BCUT2D eigenvalue weighted by Crippen LogP contribution is 2.26. The first-order valence-electron chi connectivity index (χ1n) is 5.86.